The van der Waals surface area contributed by atoms with Gasteiger partial charge < -0.3 is 4.74 Å². The molecule has 0 radical (unpaired) electrons. The third-order valence-electron chi connectivity index (χ3n) is 2.87. The van der Waals surface area contributed by atoms with Gasteiger partial charge in [0.15, 0.2) is 11.4 Å². The first kappa shape index (κ1) is 15.3. The minimum atomic E-state index is -0.147. The van der Waals surface area contributed by atoms with Gasteiger partial charge in [-0.1, -0.05) is 11.6 Å². The summed E-state index contributed by atoms with van der Waals surface area (Å²) in [6.07, 6.45) is 1.56. The molecule has 1 aromatic heterocycles. The monoisotopic (exact) mass is 404 g/mol. The van der Waals surface area contributed by atoms with Gasteiger partial charge in [-0.05, 0) is 54.6 Å². The first-order chi connectivity index (χ1) is 9.45. The molecule has 0 N–H and O–H groups in total. The number of benzene rings is 1. The molecule has 1 aromatic carbocycles. The number of halogens is 2. The maximum atomic E-state index is 12.7. The number of hydrogen-bond acceptors (Lipinski definition) is 3. The van der Waals surface area contributed by atoms with E-state index < -0.39 is 0 Å². The number of hydrogen-bond donors (Lipinski definition) is 0. The summed E-state index contributed by atoms with van der Waals surface area (Å²) in [5.41, 5.74) is 0.968. The molecule has 0 fully saturated rings. The zero-order valence-electron chi connectivity index (χ0n) is 11.4. The highest BCUT2D eigenvalue weighted by Crippen LogP contribution is 2.26. The van der Waals surface area contributed by atoms with E-state index in [1.807, 2.05) is 19.9 Å². The van der Waals surface area contributed by atoms with Crippen molar-refractivity contribution in [3.8, 4) is 5.75 Å². The van der Waals surface area contributed by atoms with Gasteiger partial charge in [-0.3, -0.25) is 9.48 Å². The van der Waals surface area contributed by atoms with Crippen LogP contribution < -0.4 is 4.74 Å². The highest BCUT2D eigenvalue weighted by Gasteiger charge is 2.22. The van der Waals surface area contributed by atoms with Gasteiger partial charge in [-0.2, -0.15) is 5.10 Å². The van der Waals surface area contributed by atoms with Crippen molar-refractivity contribution in [1.29, 1.82) is 0 Å². The molecule has 0 atom stereocenters. The molecule has 0 spiro atoms. The second-order valence-electron chi connectivity index (χ2n) is 4.56. The van der Waals surface area contributed by atoms with E-state index in [4.69, 9.17) is 16.3 Å². The lowest BCUT2D eigenvalue weighted by Crippen LogP contribution is -2.14. The van der Waals surface area contributed by atoms with E-state index in [9.17, 15) is 4.79 Å². The van der Waals surface area contributed by atoms with Crippen LogP contribution in [0, 0.1) is 3.57 Å². The predicted molar refractivity (Wildman–Crippen MR) is 86.8 cm³/mol. The van der Waals surface area contributed by atoms with Crippen LogP contribution in [0.25, 0.3) is 0 Å². The molecule has 0 unspecified atom stereocenters. The van der Waals surface area contributed by atoms with Gasteiger partial charge in [0, 0.05) is 15.2 Å². The minimum Gasteiger partial charge on any atom is -0.493 e. The van der Waals surface area contributed by atoms with Crippen LogP contribution in [-0.4, -0.2) is 22.7 Å². The summed E-state index contributed by atoms with van der Waals surface area (Å²) in [5, 5.41) is 4.77. The maximum absolute atomic E-state index is 12.7. The summed E-state index contributed by atoms with van der Waals surface area (Å²) in [6.45, 7) is 3.92. The summed E-state index contributed by atoms with van der Waals surface area (Å²) < 4.78 is 7.80. The number of ether oxygens (including phenoxy) is 1. The van der Waals surface area contributed by atoms with E-state index in [1.165, 1.54) is 7.11 Å². The fourth-order valence-electron chi connectivity index (χ4n) is 1.88. The standard InChI is InChI=1S/C14H14ClIN2O2/c1-8(2)18-13(12(20-3)7-17-18)14(19)9-4-5-11(16)10(15)6-9/h4-8H,1-3H3. The molecule has 0 saturated heterocycles. The van der Waals surface area contributed by atoms with Crippen LogP contribution in [0.4, 0.5) is 0 Å². The summed E-state index contributed by atoms with van der Waals surface area (Å²) in [6, 6.07) is 5.31. The highest BCUT2D eigenvalue weighted by molar-refractivity contribution is 14.1. The Morgan fingerprint density at radius 3 is 2.70 bits per heavy atom. The smallest absolute Gasteiger partial charge is 0.214 e. The molecule has 0 aliphatic heterocycles. The third-order valence-corrected chi connectivity index (χ3v) is 4.44. The van der Waals surface area contributed by atoms with Crippen LogP contribution in [0.15, 0.2) is 24.4 Å². The molecule has 20 heavy (non-hydrogen) atoms. The van der Waals surface area contributed by atoms with Crippen LogP contribution in [0.5, 0.6) is 5.75 Å². The predicted octanol–water partition coefficient (Wildman–Crippen LogP) is 3.96. The van der Waals surface area contributed by atoms with Crippen molar-refractivity contribution in [2.75, 3.05) is 7.11 Å². The molecular formula is C14H14ClIN2O2. The Kier molecular flexibility index (Phi) is 4.70. The van der Waals surface area contributed by atoms with Crippen molar-refractivity contribution >= 4 is 40.0 Å². The topological polar surface area (TPSA) is 44.1 Å². The Hall–Kier alpha value is -1.08. The summed E-state index contributed by atoms with van der Waals surface area (Å²) in [5.74, 6) is 0.324. The molecule has 6 heteroatoms. The van der Waals surface area contributed by atoms with Crippen LogP contribution >= 0.6 is 34.2 Å². The molecule has 0 amide bonds. The number of methoxy groups -OCH3 is 1. The quantitative estimate of drug-likeness (QED) is 0.572. The van der Waals surface area contributed by atoms with Gasteiger partial charge in [0.05, 0.1) is 18.3 Å². The van der Waals surface area contributed by atoms with Gasteiger partial charge in [0.25, 0.3) is 0 Å². The lowest BCUT2D eigenvalue weighted by molar-refractivity contribution is 0.102. The Morgan fingerprint density at radius 2 is 2.15 bits per heavy atom. The molecule has 2 rings (SSSR count). The van der Waals surface area contributed by atoms with Crippen LogP contribution in [0.2, 0.25) is 5.02 Å². The van der Waals surface area contributed by atoms with E-state index in [1.54, 1.807) is 23.0 Å². The lowest BCUT2D eigenvalue weighted by Gasteiger charge is -2.11. The Labute approximate surface area is 136 Å². The summed E-state index contributed by atoms with van der Waals surface area (Å²) in [7, 11) is 1.53. The van der Waals surface area contributed by atoms with Crippen molar-refractivity contribution in [3.05, 3.63) is 44.2 Å². The van der Waals surface area contributed by atoms with Crippen LogP contribution in [0.3, 0.4) is 0 Å². The van der Waals surface area contributed by atoms with Crippen molar-refractivity contribution < 1.29 is 9.53 Å². The van der Waals surface area contributed by atoms with Gasteiger partial charge in [0.1, 0.15) is 0 Å². The number of ketones is 1. The van der Waals surface area contributed by atoms with Gasteiger partial charge in [0.2, 0.25) is 5.78 Å². The van der Waals surface area contributed by atoms with Crippen LogP contribution in [0.1, 0.15) is 35.9 Å². The van der Waals surface area contributed by atoms with Gasteiger partial charge in [-0.25, -0.2) is 0 Å². The average Bonchev–Trinajstić information content (AvgIpc) is 2.85. The second-order valence-corrected chi connectivity index (χ2v) is 6.13. The number of carbonyl (C=O) groups excluding carboxylic acids is 1. The molecule has 0 bridgehead atoms. The zero-order chi connectivity index (χ0) is 14.9. The molecule has 1 heterocycles. The van der Waals surface area contributed by atoms with Crippen molar-refractivity contribution in [1.82, 2.24) is 9.78 Å². The average molecular weight is 405 g/mol. The Morgan fingerprint density at radius 1 is 1.45 bits per heavy atom. The van der Waals surface area contributed by atoms with Gasteiger partial charge in [-0.15, -0.1) is 0 Å². The molecule has 0 saturated carbocycles. The maximum Gasteiger partial charge on any atom is 0.214 e. The second kappa shape index (κ2) is 6.13. The summed E-state index contributed by atoms with van der Waals surface area (Å²) in [4.78, 5) is 12.7. The van der Waals surface area contributed by atoms with E-state index in [0.717, 1.165) is 3.57 Å². The Balaban J connectivity index is 2.52. The number of carbonyl (C=O) groups is 1. The molecule has 0 aliphatic rings. The third kappa shape index (κ3) is 2.83. The number of aromatic nitrogens is 2. The van der Waals surface area contributed by atoms with Crippen molar-refractivity contribution in [3.63, 3.8) is 0 Å². The Bertz CT molecular complexity index is 653. The molecule has 4 nitrogen and oxygen atoms in total. The van der Waals surface area contributed by atoms with Crippen molar-refractivity contribution in [2.45, 2.75) is 19.9 Å². The normalized spacial score (nSPS) is 10.9. The fraction of sp³-hybridized carbons (Fsp3) is 0.286. The van der Waals surface area contributed by atoms with Gasteiger partial charge >= 0.3 is 0 Å². The van der Waals surface area contributed by atoms with Crippen LogP contribution in [-0.2, 0) is 0 Å². The van der Waals surface area contributed by atoms with E-state index >= 15 is 0 Å². The number of rotatable bonds is 4. The molecule has 106 valence electrons. The molecule has 2 aromatic rings. The van der Waals surface area contributed by atoms with Crippen molar-refractivity contribution in [2.24, 2.45) is 0 Å². The fourth-order valence-corrected chi connectivity index (χ4v) is 2.39. The first-order valence-electron chi connectivity index (χ1n) is 6.07. The number of nitrogens with zero attached hydrogens (tertiary/aromatic N) is 2. The SMILES string of the molecule is COc1cnn(C(C)C)c1C(=O)c1ccc(I)c(Cl)c1. The zero-order valence-corrected chi connectivity index (χ0v) is 14.3. The largest absolute Gasteiger partial charge is 0.493 e. The van der Waals surface area contributed by atoms with E-state index in [0.29, 0.717) is 22.0 Å². The van der Waals surface area contributed by atoms with E-state index in [2.05, 4.69) is 27.7 Å². The summed E-state index contributed by atoms with van der Waals surface area (Å²) >= 11 is 8.21. The molecular weight excluding hydrogens is 391 g/mol. The lowest BCUT2D eigenvalue weighted by atomic mass is 10.1. The first-order valence-corrected chi connectivity index (χ1v) is 7.52. The highest BCUT2D eigenvalue weighted by atomic mass is 127. The van der Waals surface area contributed by atoms with E-state index in [-0.39, 0.29) is 11.8 Å². The minimum absolute atomic E-state index is 0.0668. The molecule has 0 aliphatic carbocycles.